The standard InChI is InChI=1S/C17H14N4O2/c1-11-6-7-19-16(21-11)5-3-12-2-4-15-13(8-12)9-14(10-20-15)23-17(18)22/h2-10H,1H3,(H2,18,22). The van der Waals surface area contributed by atoms with Crippen molar-refractivity contribution in [1.29, 1.82) is 0 Å². The summed E-state index contributed by atoms with van der Waals surface area (Å²) in [4.78, 5) is 23.5. The average Bonchev–Trinajstić information content (AvgIpc) is 2.52. The summed E-state index contributed by atoms with van der Waals surface area (Å²) in [5.74, 6) is 0.960. The lowest BCUT2D eigenvalue weighted by atomic mass is 10.1. The predicted molar refractivity (Wildman–Crippen MR) is 87.7 cm³/mol. The van der Waals surface area contributed by atoms with Gasteiger partial charge >= 0.3 is 6.09 Å². The van der Waals surface area contributed by atoms with E-state index in [4.69, 9.17) is 10.5 Å². The molecule has 0 aliphatic heterocycles. The molecule has 0 atom stereocenters. The van der Waals surface area contributed by atoms with Crippen LogP contribution in [0.2, 0.25) is 0 Å². The van der Waals surface area contributed by atoms with Gasteiger partial charge in [0.05, 0.1) is 11.7 Å². The Morgan fingerprint density at radius 1 is 1.17 bits per heavy atom. The molecule has 2 heterocycles. The summed E-state index contributed by atoms with van der Waals surface area (Å²) in [7, 11) is 0. The van der Waals surface area contributed by atoms with Crippen LogP contribution in [0.4, 0.5) is 4.79 Å². The number of rotatable bonds is 3. The van der Waals surface area contributed by atoms with Gasteiger partial charge in [-0.2, -0.15) is 0 Å². The SMILES string of the molecule is Cc1ccnc(C=Cc2ccc3ncc(OC(N)=O)cc3c2)n1. The number of fused-ring (bicyclic) bond motifs is 1. The Balaban J connectivity index is 1.90. The van der Waals surface area contributed by atoms with Crippen LogP contribution >= 0.6 is 0 Å². The molecule has 114 valence electrons. The fourth-order valence-electron chi connectivity index (χ4n) is 2.12. The first-order valence-electron chi connectivity index (χ1n) is 6.95. The number of benzene rings is 1. The minimum absolute atomic E-state index is 0.313. The van der Waals surface area contributed by atoms with Gasteiger partial charge in [-0.15, -0.1) is 0 Å². The zero-order valence-electron chi connectivity index (χ0n) is 12.4. The maximum Gasteiger partial charge on any atom is 0.410 e. The van der Waals surface area contributed by atoms with E-state index in [-0.39, 0.29) is 0 Å². The molecule has 0 spiro atoms. The molecule has 2 N–H and O–H groups in total. The summed E-state index contributed by atoms with van der Waals surface area (Å²) in [6, 6.07) is 9.33. The van der Waals surface area contributed by atoms with Crippen LogP contribution in [0.25, 0.3) is 23.1 Å². The predicted octanol–water partition coefficient (Wildman–Crippen LogP) is 2.96. The molecule has 0 unspecified atom stereocenters. The first-order valence-corrected chi connectivity index (χ1v) is 6.95. The Hall–Kier alpha value is -3.28. The van der Waals surface area contributed by atoms with Crippen molar-refractivity contribution in [2.24, 2.45) is 5.73 Å². The Kier molecular flexibility index (Phi) is 3.97. The number of hydrogen-bond donors (Lipinski definition) is 1. The monoisotopic (exact) mass is 306 g/mol. The molecule has 6 heteroatoms. The topological polar surface area (TPSA) is 91.0 Å². The van der Waals surface area contributed by atoms with Crippen molar-refractivity contribution in [3.05, 3.63) is 59.8 Å². The number of ether oxygens (including phenoxy) is 1. The molecule has 0 saturated carbocycles. The first-order chi connectivity index (χ1) is 11.1. The Bertz CT molecular complexity index is 906. The molecule has 2 aromatic heterocycles. The minimum atomic E-state index is -0.862. The van der Waals surface area contributed by atoms with E-state index in [2.05, 4.69) is 15.0 Å². The minimum Gasteiger partial charge on any atom is -0.409 e. The van der Waals surface area contributed by atoms with Crippen LogP contribution in [-0.4, -0.2) is 21.0 Å². The zero-order chi connectivity index (χ0) is 16.2. The van der Waals surface area contributed by atoms with Crippen LogP contribution in [0, 0.1) is 6.92 Å². The number of carbonyl (C=O) groups excluding carboxylic acids is 1. The number of pyridine rings is 1. The summed E-state index contributed by atoms with van der Waals surface area (Å²) < 4.78 is 4.84. The van der Waals surface area contributed by atoms with Gasteiger partial charge < -0.3 is 10.5 Å². The van der Waals surface area contributed by atoms with E-state index in [9.17, 15) is 4.79 Å². The third-order valence-electron chi connectivity index (χ3n) is 3.14. The lowest BCUT2D eigenvalue weighted by Gasteiger charge is -2.03. The largest absolute Gasteiger partial charge is 0.410 e. The summed E-state index contributed by atoms with van der Waals surface area (Å²) in [6.45, 7) is 1.92. The van der Waals surface area contributed by atoms with E-state index in [1.165, 1.54) is 6.20 Å². The molecule has 0 aliphatic rings. The third kappa shape index (κ3) is 3.68. The molecule has 23 heavy (non-hydrogen) atoms. The number of nitrogens with zero attached hydrogens (tertiary/aromatic N) is 3. The molecule has 1 amide bonds. The molecule has 0 aliphatic carbocycles. The lowest BCUT2D eigenvalue weighted by molar-refractivity contribution is 0.211. The zero-order valence-corrected chi connectivity index (χ0v) is 12.4. The molecule has 6 nitrogen and oxygen atoms in total. The van der Waals surface area contributed by atoms with E-state index in [0.29, 0.717) is 11.6 Å². The molecule has 1 aromatic carbocycles. The highest BCUT2D eigenvalue weighted by molar-refractivity contribution is 5.84. The van der Waals surface area contributed by atoms with E-state index in [0.717, 1.165) is 22.2 Å². The molecule has 0 radical (unpaired) electrons. The number of aromatic nitrogens is 3. The Morgan fingerprint density at radius 2 is 2.04 bits per heavy atom. The second-order valence-electron chi connectivity index (χ2n) is 4.93. The summed E-state index contributed by atoms with van der Waals surface area (Å²) in [5, 5.41) is 0.844. The Morgan fingerprint density at radius 3 is 2.83 bits per heavy atom. The van der Waals surface area contributed by atoms with Gasteiger partial charge in [-0.25, -0.2) is 14.8 Å². The lowest BCUT2D eigenvalue weighted by Crippen LogP contribution is -2.16. The highest BCUT2D eigenvalue weighted by Gasteiger charge is 2.02. The number of hydrogen-bond acceptors (Lipinski definition) is 5. The van der Waals surface area contributed by atoms with Crippen LogP contribution < -0.4 is 10.5 Å². The second-order valence-corrected chi connectivity index (χ2v) is 4.93. The maximum absolute atomic E-state index is 10.8. The van der Waals surface area contributed by atoms with Crippen LogP contribution in [0.1, 0.15) is 17.1 Å². The molecule has 0 bridgehead atoms. The van der Waals surface area contributed by atoms with Crippen molar-refractivity contribution in [3.63, 3.8) is 0 Å². The summed E-state index contributed by atoms with van der Waals surface area (Å²) in [5.41, 5.74) is 7.68. The smallest absolute Gasteiger partial charge is 0.409 e. The van der Waals surface area contributed by atoms with Crippen LogP contribution in [-0.2, 0) is 0 Å². The number of primary amides is 1. The van der Waals surface area contributed by atoms with E-state index >= 15 is 0 Å². The van der Waals surface area contributed by atoms with Crippen molar-refractivity contribution in [3.8, 4) is 5.75 Å². The molecular formula is C17H14N4O2. The van der Waals surface area contributed by atoms with Gasteiger partial charge in [-0.1, -0.05) is 12.1 Å². The van der Waals surface area contributed by atoms with Crippen LogP contribution in [0.3, 0.4) is 0 Å². The summed E-state index contributed by atoms with van der Waals surface area (Å²) in [6.07, 6.45) is 6.07. The third-order valence-corrected chi connectivity index (χ3v) is 3.14. The van der Waals surface area contributed by atoms with E-state index in [1.54, 1.807) is 12.3 Å². The number of amides is 1. The van der Waals surface area contributed by atoms with Gasteiger partial charge in [0.25, 0.3) is 0 Å². The van der Waals surface area contributed by atoms with E-state index in [1.807, 2.05) is 43.3 Å². The quantitative estimate of drug-likeness (QED) is 0.803. The van der Waals surface area contributed by atoms with Crippen LogP contribution in [0.15, 0.2) is 42.7 Å². The fraction of sp³-hybridized carbons (Fsp3) is 0.0588. The van der Waals surface area contributed by atoms with Gasteiger partial charge in [0.15, 0.2) is 11.6 Å². The van der Waals surface area contributed by atoms with Gasteiger partial charge in [0.2, 0.25) is 0 Å². The maximum atomic E-state index is 10.8. The Labute approximate surface area is 132 Å². The number of aryl methyl sites for hydroxylation is 1. The molecule has 0 fully saturated rings. The second kappa shape index (κ2) is 6.23. The van der Waals surface area contributed by atoms with Crippen molar-refractivity contribution in [2.75, 3.05) is 0 Å². The van der Waals surface area contributed by atoms with Crippen LogP contribution in [0.5, 0.6) is 5.75 Å². The average molecular weight is 306 g/mol. The fourth-order valence-corrected chi connectivity index (χ4v) is 2.12. The van der Waals surface area contributed by atoms with Crippen molar-refractivity contribution in [2.45, 2.75) is 6.92 Å². The highest BCUT2D eigenvalue weighted by Crippen LogP contribution is 2.20. The van der Waals surface area contributed by atoms with Crippen molar-refractivity contribution < 1.29 is 9.53 Å². The van der Waals surface area contributed by atoms with E-state index < -0.39 is 6.09 Å². The van der Waals surface area contributed by atoms with Crippen molar-refractivity contribution >= 4 is 29.1 Å². The summed E-state index contributed by atoms with van der Waals surface area (Å²) >= 11 is 0. The normalized spacial score (nSPS) is 11.0. The molecule has 3 rings (SSSR count). The van der Waals surface area contributed by atoms with Gasteiger partial charge in [0.1, 0.15) is 0 Å². The highest BCUT2D eigenvalue weighted by atomic mass is 16.5. The van der Waals surface area contributed by atoms with Gasteiger partial charge in [-0.05, 0) is 42.8 Å². The van der Waals surface area contributed by atoms with Crippen molar-refractivity contribution in [1.82, 2.24) is 15.0 Å². The van der Waals surface area contributed by atoms with Gasteiger partial charge in [0, 0.05) is 17.3 Å². The van der Waals surface area contributed by atoms with Gasteiger partial charge in [-0.3, -0.25) is 4.98 Å². The molecule has 3 aromatic rings. The molecule has 0 saturated heterocycles. The molecular weight excluding hydrogens is 292 g/mol. The number of carbonyl (C=O) groups is 1. The number of nitrogens with two attached hydrogens (primary N) is 1. The first kappa shape index (κ1) is 14.6.